The second-order valence-electron chi connectivity index (χ2n) is 5.30. The molecule has 0 saturated heterocycles. The molecule has 1 heterocycles. The maximum atomic E-state index is 13.6. The molecule has 1 unspecified atom stereocenters. The number of hydrogen-bond acceptors (Lipinski definition) is 4. The molecule has 0 amide bonds. The Morgan fingerprint density at radius 3 is 2.33 bits per heavy atom. The molecule has 4 nitrogen and oxygen atoms in total. The summed E-state index contributed by atoms with van der Waals surface area (Å²) in [5, 5.41) is 0. The van der Waals surface area contributed by atoms with Crippen molar-refractivity contribution in [3.63, 3.8) is 0 Å². The average molecular weight is 305 g/mol. The third-order valence-electron chi connectivity index (χ3n) is 3.36. The number of methoxy groups -OCH3 is 1. The van der Waals surface area contributed by atoms with E-state index in [1.54, 1.807) is 13.8 Å². The van der Waals surface area contributed by atoms with Crippen molar-refractivity contribution in [1.29, 1.82) is 0 Å². The Bertz CT molecular complexity index is 506. The zero-order chi connectivity index (χ0) is 16.4. The number of nitrogens with zero attached hydrogens (tertiary/aromatic N) is 1. The van der Waals surface area contributed by atoms with E-state index in [-0.39, 0.29) is 18.1 Å². The van der Waals surface area contributed by atoms with E-state index in [0.717, 1.165) is 13.2 Å². The summed E-state index contributed by atoms with van der Waals surface area (Å²) in [6.45, 7) is 4.57. The highest BCUT2D eigenvalue weighted by molar-refractivity contribution is 6.08. The smallest absolute Gasteiger partial charge is 0.418 e. The molecule has 0 fully saturated rings. The Kier molecular flexibility index (Phi) is 4.96. The number of esters is 1. The van der Waals surface area contributed by atoms with Gasteiger partial charge in [0.15, 0.2) is 5.54 Å². The van der Waals surface area contributed by atoms with Gasteiger partial charge in [0.2, 0.25) is 0 Å². The Hall–Kier alpha value is -1.66. The molecule has 0 aromatic carbocycles. The lowest BCUT2D eigenvalue weighted by Gasteiger charge is -2.30. The summed E-state index contributed by atoms with van der Waals surface area (Å²) < 4.78 is 45.2. The van der Waals surface area contributed by atoms with Gasteiger partial charge in [-0.1, -0.05) is 13.8 Å². The molecule has 1 atom stereocenters. The summed E-state index contributed by atoms with van der Waals surface area (Å²) >= 11 is 0. The monoisotopic (exact) mass is 305 g/mol. The number of carbonyl (C=O) groups excluding carboxylic acids is 2. The topological polar surface area (TPSA) is 55.7 Å². The predicted octanol–water partition coefficient (Wildman–Crippen LogP) is 2.87. The normalized spacial score (nSPS) is 22.1. The second-order valence-corrected chi connectivity index (χ2v) is 5.30. The van der Waals surface area contributed by atoms with E-state index in [9.17, 15) is 22.8 Å². The number of alkyl halides is 3. The standard InChI is InChI=1S/C14H18F3NO3/c1-8(2)11-7-10(12(20)21-4)13(18-11,14(15,16)17)6-5-9(3)19/h7-8H,5-6H2,1-4H3. The summed E-state index contributed by atoms with van der Waals surface area (Å²) in [5.41, 5.74) is -3.07. The highest BCUT2D eigenvalue weighted by Gasteiger charge is 2.61. The molecule has 0 aliphatic carbocycles. The van der Waals surface area contributed by atoms with Gasteiger partial charge in [-0.05, 0) is 25.3 Å². The van der Waals surface area contributed by atoms with Crippen LogP contribution in [0.5, 0.6) is 0 Å². The molecular formula is C14H18F3NO3. The van der Waals surface area contributed by atoms with Crippen molar-refractivity contribution < 1.29 is 27.5 Å². The van der Waals surface area contributed by atoms with Crippen molar-refractivity contribution in [2.45, 2.75) is 45.3 Å². The van der Waals surface area contributed by atoms with Gasteiger partial charge in [-0.15, -0.1) is 0 Å². The first-order valence-corrected chi connectivity index (χ1v) is 6.51. The van der Waals surface area contributed by atoms with Crippen LogP contribution in [0.25, 0.3) is 0 Å². The van der Waals surface area contributed by atoms with E-state index in [1.165, 1.54) is 6.92 Å². The molecule has 118 valence electrons. The van der Waals surface area contributed by atoms with E-state index in [0.29, 0.717) is 0 Å². The van der Waals surface area contributed by atoms with E-state index >= 15 is 0 Å². The first kappa shape index (κ1) is 17.4. The number of aliphatic imine (C=N–C) groups is 1. The molecular weight excluding hydrogens is 287 g/mol. The number of carbonyl (C=O) groups is 2. The van der Waals surface area contributed by atoms with Crippen LogP contribution >= 0.6 is 0 Å². The molecule has 0 radical (unpaired) electrons. The van der Waals surface area contributed by atoms with Crippen molar-refractivity contribution in [1.82, 2.24) is 0 Å². The minimum Gasteiger partial charge on any atom is -0.466 e. The molecule has 0 aromatic heterocycles. The van der Waals surface area contributed by atoms with Gasteiger partial charge in [-0.2, -0.15) is 13.2 Å². The number of Topliss-reactive ketones (excluding diaryl/α,β-unsaturated/α-hetero) is 1. The average Bonchev–Trinajstić information content (AvgIpc) is 2.76. The van der Waals surface area contributed by atoms with Crippen molar-refractivity contribution in [3.05, 3.63) is 11.6 Å². The maximum Gasteiger partial charge on any atom is 0.418 e. The number of rotatable bonds is 5. The molecule has 1 rings (SSSR count). The maximum absolute atomic E-state index is 13.6. The molecule has 0 spiro atoms. The molecule has 0 saturated carbocycles. The van der Waals surface area contributed by atoms with Crippen LogP contribution in [0.2, 0.25) is 0 Å². The third kappa shape index (κ3) is 3.33. The van der Waals surface area contributed by atoms with Crippen LogP contribution < -0.4 is 0 Å². The Balaban J connectivity index is 3.40. The largest absolute Gasteiger partial charge is 0.466 e. The number of ether oxygens (including phenoxy) is 1. The van der Waals surface area contributed by atoms with Gasteiger partial charge in [0, 0.05) is 12.1 Å². The van der Waals surface area contributed by atoms with Gasteiger partial charge in [0.05, 0.1) is 12.7 Å². The van der Waals surface area contributed by atoms with Crippen molar-refractivity contribution in [2.24, 2.45) is 10.9 Å². The van der Waals surface area contributed by atoms with Gasteiger partial charge in [0.25, 0.3) is 0 Å². The van der Waals surface area contributed by atoms with E-state index in [2.05, 4.69) is 9.73 Å². The first-order chi connectivity index (χ1) is 9.55. The van der Waals surface area contributed by atoms with Crippen LogP contribution in [0, 0.1) is 5.92 Å². The minimum absolute atomic E-state index is 0.177. The van der Waals surface area contributed by atoms with Gasteiger partial charge in [-0.3, -0.25) is 4.99 Å². The highest BCUT2D eigenvalue weighted by Crippen LogP contribution is 2.46. The third-order valence-corrected chi connectivity index (χ3v) is 3.36. The van der Waals surface area contributed by atoms with Gasteiger partial charge in [-0.25, -0.2) is 4.79 Å². The highest BCUT2D eigenvalue weighted by atomic mass is 19.4. The summed E-state index contributed by atoms with van der Waals surface area (Å²) in [6.07, 6.45) is -4.56. The van der Waals surface area contributed by atoms with Gasteiger partial charge >= 0.3 is 12.1 Å². The Morgan fingerprint density at radius 1 is 1.38 bits per heavy atom. The van der Waals surface area contributed by atoms with Crippen LogP contribution in [0.4, 0.5) is 13.2 Å². The van der Waals surface area contributed by atoms with Gasteiger partial charge < -0.3 is 9.53 Å². The fraction of sp³-hybridized carbons (Fsp3) is 0.643. The first-order valence-electron chi connectivity index (χ1n) is 6.51. The van der Waals surface area contributed by atoms with Crippen LogP contribution in [-0.4, -0.2) is 36.3 Å². The fourth-order valence-corrected chi connectivity index (χ4v) is 2.12. The summed E-state index contributed by atoms with van der Waals surface area (Å²) in [6, 6.07) is 0. The Labute approximate surface area is 121 Å². The lowest BCUT2D eigenvalue weighted by Crippen LogP contribution is -2.46. The summed E-state index contributed by atoms with van der Waals surface area (Å²) in [4.78, 5) is 26.6. The summed E-state index contributed by atoms with van der Waals surface area (Å²) in [5.74, 6) is -1.74. The summed E-state index contributed by atoms with van der Waals surface area (Å²) in [7, 11) is 1.02. The molecule has 21 heavy (non-hydrogen) atoms. The van der Waals surface area contributed by atoms with Crippen molar-refractivity contribution >= 4 is 17.5 Å². The van der Waals surface area contributed by atoms with E-state index < -0.39 is 35.5 Å². The van der Waals surface area contributed by atoms with Gasteiger partial charge in [0.1, 0.15) is 5.78 Å². The number of allylic oxidation sites excluding steroid dienone is 1. The van der Waals surface area contributed by atoms with E-state index in [1.807, 2.05) is 0 Å². The lowest BCUT2D eigenvalue weighted by molar-refractivity contribution is -0.179. The second kappa shape index (κ2) is 5.99. The number of halogens is 3. The van der Waals surface area contributed by atoms with Crippen LogP contribution in [0.1, 0.15) is 33.6 Å². The lowest BCUT2D eigenvalue weighted by atomic mass is 9.85. The molecule has 0 aromatic rings. The fourth-order valence-electron chi connectivity index (χ4n) is 2.12. The number of ketones is 1. The quantitative estimate of drug-likeness (QED) is 0.734. The van der Waals surface area contributed by atoms with Crippen LogP contribution in [0.3, 0.4) is 0 Å². The molecule has 0 N–H and O–H groups in total. The number of hydrogen-bond donors (Lipinski definition) is 0. The zero-order valence-electron chi connectivity index (χ0n) is 12.4. The minimum atomic E-state index is -4.78. The molecule has 7 heteroatoms. The van der Waals surface area contributed by atoms with E-state index in [4.69, 9.17) is 0 Å². The molecule has 0 bridgehead atoms. The molecule has 1 aliphatic heterocycles. The predicted molar refractivity (Wildman–Crippen MR) is 71.1 cm³/mol. The SMILES string of the molecule is COC(=O)C1=CC(C(C)C)=NC1(CCC(C)=O)C(F)(F)F. The van der Waals surface area contributed by atoms with Crippen LogP contribution in [-0.2, 0) is 14.3 Å². The Morgan fingerprint density at radius 2 is 1.95 bits per heavy atom. The van der Waals surface area contributed by atoms with Crippen molar-refractivity contribution in [2.75, 3.05) is 7.11 Å². The molecule has 1 aliphatic rings. The van der Waals surface area contributed by atoms with Crippen molar-refractivity contribution in [3.8, 4) is 0 Å². The van der Waals surface area contributed by atoms with Crippen LogP contribution in [0.15, 0.2) is 16.6 Å². The zero-order valence-corrected chi connectivity index (χ0v) is 12.4.